The lowest BCUT2D eigenvalue weighted by Crippen LogP contribution is -2.58. The van der Waals surface area contributed by atoms with Crippen molar-refractivity contribution in [3.63, 3.8) is 0 Å². The van der Waals surface area contributed by atoms with Gasteiger partial charge in [-0.05, 0) is 31.3 Å². The van der Waals surface area contributed by atoms with Crippen molar-refractivity contribution in [3.05, 3.63) is 0 Å². The number of carbonyl (C=O) groups is 3. The van der Waals surface area contributed by atoms with Crippen LogP contribution in [-0.2, 0) is 14.4 Å². The van der Waals surface area contributed by atoms with Gasteiger partial charge >= 0.3 is 5.97 Å². The summed E-state index contributed by atoms with van der Waals surface area (Å²) in [6.45, 7) is 4.85. The number of nitrogens with one attached hydrogen (secondary N) is 2. The molecule has 0 fully saturated rings. The van der Waals surface area contributed by atoms with Crippen molar-refractivity contribution in [2.75, 3.05) is 12.0 Å². The highest BCUT2D eigenvalue weighted by Gasteiger charge is 2.31. The maximum Gasteiger partial charge on any atom is 0.326 e. The van der Waals surface area contributed by atoms with Gasteiger partial charge in [-0.15, -0.1) is 0 Å². The number of hydrogen-bond acceptors (Lipinski definition) is 6. The van der Waals surface area contributed by atoms with E-state index in [1.807, 2.05) is 6.26 Å². The number of carboxylic acid groups (broad SMARTS) is 1. The van der Waals surface area contributed by atoms with E-state index in [0.717, 1.165) is 0 Å². The lowest BCUT2D eigenvalue weighted by atomic mass is 10.0. The molecule has 0 saturated heterocycles. The first-order valence-electron chi connectivity index (χ1n) is 7.37. The molecule has 0 spiro atoms. The molecule has 134 valence electrons. The predicted octanol–water partition coefficient (Wildman–Crippen LogP) is -0.842. The summed E-state index contributed by atoms with van der Waals surface area (Å²) in [4.78, 5) is 35.3. The Kier molecular flexibility index (Phi) is 9.85. The van der Waals surface area contributed by atoms with E-state index in [1.165, 1.54) is 18.7 Å². The third-order valence-corrected chi connectivity index (χ3v) is 3.95. The number of aliphatic hydroxyl groups is 1. The Morgan fingerprint density at radius 3 is 2.09 bits per heavy atom. The van der Waals surface area contributed by atoms with Gasteiger partial charge in [-0.3, -0.25) is 9.59 Å². The first-order chi connectivity index (χ1) is 10.6. The van der Waals surface area contributed by atoms with Gasteiger partial charge in [0, 0.05) is 0 Å². The van der Waals surface area contributed by atoms with Crippen LogP contribution in [0.25, 0.3) is 0 Å². The van der Waals surface area contributed by atoms with Crippen molar-refractivity contribution < 1.29 is 24.6 Å². The second kappa shape index (κ2) is 10.5. The van der Waals surface area contributed by atoms with Crippen molar-refractivity contribution in [2.24, 2.45) is 11.7 Å². The van der Waals surface area contributed by atoms with Crippen LogP contribution in [0.15, 0.2) is 0 Å². The Labute approximate surface area is 140 Å². The minimum Gasteiger partial charge on any atom is -0.480 e. The predicted molar refractivity (Wildman–Crippen MR) is 89.0 cm³/mol. The molecule has 0 aliphatic rings. The lowest BCUT2D eigenvalue weighted by Gasteiger charge is -2.25. The van der Waals surface area contributed by atoms with E-state index in [-0.39, 0.29) is 12.3 Å². The molecule has 0 bridgehead atoms. The standard InChI is InChI=1S/C14H27N3O5S/c1-7(2)10(15)12(19)17-11(8(3)18)13(20)16-9(14(21)22)5-6-23-4/h7-11,18H,5-6,15H2,1-4H3,(H,16,20)(H,17,19)(H,21,22). The van der Waals surface area contributed by atoms with Crippen molar-refractivity contribution >= 4 is 29.5 Å². The molecule has 0 radical (unpaired) electrons. The first kappa shape index (κ1) is 21.7. The summed E-state index contributed by atoms with van der Waals surface area (Å²) in [5.41, 5.74) is 5.70. The normalized spacial score (nSPS) is 16.3. The van der Waals surface area contributed by atoms with Crippen molar-refractivity contribution in [1.82, 2.24) is 10.6 Å². The molecule has 23 heavy (non-hydrogen) atoms. The van der Waals surface area contributed by atoms with Gasteiger partial charge in [0.15, 0.2) is 0 Å². The number of aliphatic carboxylic acids is 1. The highest BCUT2D eigenvalue weighted by Crippen LogP contribution is 2.04. The summed E-state index contributed by atoms with van der Waals surface area (Å²) in [7, 11) is 0. The molecule has 9 heteroatoms. The zero-order valence-corrected chi connectivity index (χ0v) is 14.7. The largest absolute Gasteiger partial charge is 0.480 e. The minimum atomic E-state index is -1.26. The van der Waals surface area contributed by atoms with Gasteiger partial charge in [-0.25, -0.2) is 4.79 Å². The maximum atomic E-state index is 12.2. The Balaban J connectivity index is 4.91. The summed E-state index contributed by atoms with van der Waals surface area (Å²) in [5, 5.41) is 23.5. The number of rotatable bonds is 10. The van der Waals surface area contributed by atoms with Crippen LogP contribution in [0, 0.1) is 5.92 Å². The second-order valence-electron chi connectivity index (χ2n) is 5.68. The van der Waals surface area contributed by atoms with Crippen LogP contribution in [0.2, 0.25) is 0 Å². The number of nitrogens with two attached hydrogens (primary N) is 1. The highest BCUT2D eigenvalue weighted by molar-refractivity contribution is 7.98. The molecule has 2 amide bonds. The van der Waals surface area contributed by atoms with Gasteiger partial charge < -0.3 is 26.6 Å². The monoisotopic (exact) mass is 349 g/mol. The summed E-state index contributed by atoms with van der Waals surface area (Å²) in [6.07, 6.45) is 0.884. The number of carboxylic acids is 1. The van der Waals surface area contributed by atoms with Gasteiger partial charge in [-0.1, -0.05) is 13.8 Å². The van der Waals surface area contributed by atoms with Crippen LogP contribution in [0.5, 0.6) is 0 Å². The zero-order valence-electron chi connectivity index (χ0n) is 13.9. The van der Waals surface area contributed by atoms with E-state index >= 15 is 0 Å². The minimum absolute atomic E-state index is 0.138. The van der Waals surface area contributed by atoms with E-state index in [4.69, 9.17) is 10.8 Å². The van der Waals surface area contributed by atoms with E-state index in [9.17, 15) is 19.5 Å². The summed E-state index contributed by atoms with van der Waals surface area (Å²) in [6, 6.07) is -3.16. The molecule has 0 heterocycles. The van der Waals surface area contributed by atoms with Gasteiger partial charge in [0.25, 0.3) is 0 Å². The average molecular weight is 349 g/mol. The molecule has 0 aliphatic heterocycles. The van der Waals surface area contributed by atoms with Gasteiger partial charge in [0.2, 0.25) is 11.8 Å². The smallest absolute Gasteiger partial charge is 0.326 e. The third-order valence-electron chi connectivity index (χ3n) is 3.31. The molecule has 4 unspecified atom stereocenters. The van der Waals surface area contributed by atoms with Crippen LogP contribution in [0.3, 0.4) is 0 Å². The zero-order chi connectivity index (χ0) is 18.2. The molecular formula is C14H27N3O5S. The number of aliphatic hydroxyl groups excluding tert-OH is 1. The van der Waals surface area contributed by atoms with Gasteiger partial charge in [-0.2, -0.15) is 11.8 Å². The molecule has 0 aromatic rings. The summed E-state index contributed by atoms with van der Waals surface area (Å²) >= 11 is 1.46. The number of hydrogen-bond donors (Lipinski definition) is 5. The fourth-order valence-corrected chi connectivity index (χ4v) is 2.18. The number of thioether (sulfide) groups is 1. The lowest BCUT2D eigenvalue weighted by molar-refractivity contribution is -0.143. The Bertz CT molecular complexity index is 417. The summed E-state index contributed by atoms with van der Waals surface area (Å²) in [5.74, 6) is -2.07. The average Bonchev–Trinajstić information content (AvgIpc) is 2.46. The summed E-state index contributed by atoms with van der Waals surface area (Å²) < 4.78 is 0. The molecule has 6 N–H and O–H groups in total. The van der Waals surface area contributed by atoms with Crippen LogP contribution >= 0.6 is 11.8 Å². The molecule has 8 nitrogen and oxygen atoms in total. The molecule has 0 saturated carbocycles. The Morgan fingerprint density at radius 2 is 1.70 bits per heavy atom. The van der Waals surface area contributed by atoms with Crippen LogP contribution in [0.1, 0.15) is 27.2 Å². The molecule has 0 aliphatic carbocycles. The number of carbonyl (C=O) groups excluding carboxylic acids is 2. The van der Waals surface area contributed by atoms with Gasteiger partial charge in [0.05, 0.1) is 12.1 Å². The highest BCUT2D eigenvalue weighted by atomic mass is 32.2. The molecule has 4 atom stereocenters. The van der Waals surface area contributed by atoms with E-state index in [2.05, 4.69) is 10.6 Å². The van der Waals surface area contributed by atoms with Crippen molar-refractivity contribution in [1.29, 1.82) is 0 Å². The quantitative estimate of drug-likeness (QED) is 0.346. The van der Waals surface area contributed by atoms with E-state index < -0.39 is 42.0 Å². The van der Waals surface area contributed by atoms with Crippen LogP contribution in [-0.4, -0.2) is 64.2 Å². The molecular weight excluding hydrogens is 322 g/mol. The Hall–Kier alpha value is -1.32. The molecule has 0 aromatic heterocycles. The SMILES string of the molecule is CSCCC(NC(=O)C(NC(=O)C(N)C(C)C)C(C)O)C(=O)O. The van der Waals surface area contributed by atoms with Crippen LogP contribution < -0.4 is 16.4 Å². The van der Waals surface area contributed by atoms with Gasteiger partial charge in [0.1, 0.15) is 12.1 Å². The van der Waals surface area contributed by atoms with E-state index in [0.29, 0.717) is 5.75 Å². The molecule has 0 rings (SSSR count). The van der Waals surface area contributed by atoms with Crippen LogP contribution in [0.4, 0.5) is 0 Å². The first-order valence-corrected chi connectivity index (χ1v) is 8.77. The number of amides is 2. The van der Waals surface area contributed by atoms with Crippen molar-refractivity contribution in [3.8, 4) is 0 Å². The fourth-order valence-electron chi connectivity index (χ4n) is 1.71. The topological polar surface area (TPSA) is 142 Å². The van der Waals surface area contributed by atoms with E-state index in [1.54, 1.807) is 13.8 Å². The Morgan fingerprint density at radius 1 is 1.13 bits per heavy atom. The third kappa shape index (κ3) is 7.67. The fraction of sp³-hybridized carbons (Fsp3) is 0.786. The second-order valence-corrected chi connectivity index (χ2v) is 6.66. The van der Waals surface area contributed by atoms with Crippen molar-refractivity contribution in [2.45, 2.75) is 51.4 Å². The maximum absolute atomic E-state index is 12.2. The molecule has 0 aromatic carbocycles.